The van der Waals surface area contributed by atoms with E-state index in [9.17, 15) is 9.59 Å². The molecule has 0 aliphatic rings. The van der Waals surface area contributed by atoms with Crippen LogP contribution in [0.2, 0.25) is 0 Å². The van der Waals surface area contributed by atoms with Crippen molar-refractivity contribution in [2.45, 2.75) is 20.8 Å². The van der Waals surface area contributed by atoms with E-state index in [0.717, 1.165) is 5.56 Å². The topological polar surface area (TPSA) is 68.5 Å². The molecule has 106 valence electrons. The summed E-state index contributed by atoms with van der Waals surface area (Å²) in [4.78, 5) is 24.3. The van der Waals surface area contributed by atoms with E-state index in [4.69, 9.17) is 9.15 Å². The maximum atomic E-state index is 12.2. The highest BCUT2D eigenvalue weighted by Crippen LogP contribution is 2.29. The summed E-state index contributed by atoms with van der Waals surface area (Å²) in [6.07, 6.45) is 0. The number of methoxy groups -OCH3 is 1. The summed E-state index contributed by atoms with van der Waals surface area (Å²) in [6, 6.07) is 1.67. The summed E-state index contributed by atoms with van der Waals surface area (Å²) in [5, 5.41) is 4.56. The Morgan fingerprint density at radius 3 is 2.55 bits per heavy atom. The number of carbonyl (C=O) groups is 2. The van der Waals surface area contributed by atoms with Gasteiger partial charge in [-0.3, -0.25) is 4.79 Å². The second-order valence-corrected chi connectivity index (χ2v) is 5.28. The minimum Gasteiger partial charge on any atom is -0.466 e. The van der Waals surface area contributed by atoms with Gasteiger partial charge in [0.05, 0.1) is 18.4 Å². The molecule has 6 heteroatoms. The van der Waals surface area contributed by atoms with E-state index in [1.165, 1.54) is 18.4 Å². The van der Waals surface area contributed by atoms with Gasteiger partial charge in [0.25, 0.3) is 5.91 Å². The van der Waals surface area contributed by atoms with Gasteiger partial charge in [-0.05, 0) is 37.8 Å². The second kappa shape index (κ2) is 5.50. The van der Waals surface area contributed by atoms with E-state index >= 15 is 0 Å². The van der Waals surface area contributed by atoms with E-state index < -0.39 is 5.97 Å². The van der Waals surface area contributed by atoms with Gasteiger partial charge in [-0.2, -0.15) is 0 Å². The molecular weight excluding hydrogens is 278 g/mol. The molecule has 1 N–H and O–H groups in total. The van der Waals surface area contributed by atoms with Gasteiger partial charge >= 0.3 is 5.97 Å². The molecule has 0 saturated heterocycles. The van der Waals surface area contributed by atoms with E-state index in [2.05, 4.69) is 5.32 Å². The number of thiophene rings is 1. The Morgan fingerprint density at radius 1 is 1.30 bits per heavy atom. The first-order valence-electron chi connectivity index (χ1n) is 5.98. The summed E-state index contributed by atoms with van der Waals surface area (Å²) < 4.78 is 10.0. The van der Waals surface area contributed by atoms with Crippen LogP contribution in [0.3, 0.4) is 0 Å². The molecule has 0 fully saturated rings. The molecule has 2 heterocycles. The minimum atomic E-state index is -0.460. The number of carbonyl (C=O) groups excluding carboxylic acids is 2. The third-order valence-electron chi connectivity index (χ3n) is 2.87. The highest BCUT2D eigenvalue weighted by atomic mass is 32.1. The number of anilines is 1. The fourth-order valence-corrected chi connectivity index (χ4v) is 2.80. The molecule has 0 radical (unpaired) electrons. The van der Waals surface area contributed by atoms with Crippen LogP contribution in [0, 0.1) is 20.8 Å². The molecule has 0 aromatic carbocycles. The first-order valence-corrected chi connectivity index (χ1v) is 6.86. The Hall–Kier alpha value is -2.08. The van der Waals surface area contributed by atoms with Crippen LogP contribution in [0.15, 0.2) is 15.9 Å². The maximum absolute atomic E-state index is 12.2. The van der Waals surface area contributed by atoms with Gasteiger partial charge in [-0.25, -0.2) is 4.79 Å². The zero-order valence-electron chi connectivity index (χ0n) is 11.7. The van der Waals surface area contributed by atoms with Crippen LogP contribution in [0.5, 0.6) is 0 Å². The lowest BCUT2D eigenvalue weighted by Gasteiger charge is -2.06. The molecule has 0 aliphatic heterocycles. The first-order chi connectivity index (χ1) is 9.43. The molecule has 20 heavy (non-hydrogen) atoms. The molecule has 0 unspecified atom stereocenters. The number of nitrogens with one attached hydrogen (secondary N) is 1. The van der Waals surface area contributed by atoms with Crippen molar-refractivity contribution in [1.29, 1.82) is 0 Å². The lowest BCUT2D eigenvalue weighted by Crippen LogP contribution is -2.15. The monoisotopic (exact) mass is 293 g/mol. The molecule has 5 nitrogen and oxygen atoms in total. The third-order valence-corrected chi connectivity index (χ3v) is 3.95. The molecule has 2 aromatic heterocycles. The maximum Gasteiger partial charge on any atom is 0.350 e. The highest BCUT2D eigenvalue weighted by Gasteiger charge is 2.21. The van der Waals surface area contributed by atoms with E-state index in [0.29, 0.717) is 27.6 Å². The first kappa shape index (κ1) is 14.3. The van der Waals surface area contributed by atoms with Crippen LogP contribution in [-0.2, 0) is 4.74 Å². The third kappa shape index (κ3) is 2.60. The average molecular weight is 293 g/mol. The van der Waals surface area contributed by atoms with Crippen molar-refractivity contribution in [2.24, 2.45) is 0 Å². The van der Waals surface area contributed by atoms with Gasteiger partial charge in [-0.1, -0.05) is 0 Å². The van der Waals surface area contributed by atoms with Gasteiger partial charge < -0.3 is 14.5 Å². The Labute approximate surface area is 120 Å². The molecule has 2 aromatic rings. The molecule has 1 amide bonds. The van der Waals surface area contributed by atoms with Crippen molar-refractivity contribution in [3.63, 3.8) is 0 Å². The standard InChI is InChI=1S/C14H15NO4S/c1-7-6-20-12(14(17)18-4)11(7)15-13(16)10-5-8(2)19-9(10)3/h5-6H,1-4H3,(H,15,16). The number of esters is 1. The molecule has 0 atom stereocenters. The zero-order valence-corrected chi connectivity index (χ0v) is 12.5. The number of aryl methyl sites for hydroxylation is 3. The van der Waals surface area contributed by atoms with E-state index in [1.807, 2.05) is 6.92 Å². The lowest BCUT2D eigenvalue weighted by atomic mass is 10.2. The molecule has 0 spiro atoms. The van der Waals surface area contributed by atoms with Gasteiger partial charge in [0.15, 0.2) is 0 Å². The number of hydrogen-bond acceptors (Lipinski definition) is 5. The van der Waals surface area contributed by atoms with Crippen molar-refractivity contribution < 1.29 is 18.7 Å². The molecule has 0 saturated carbocycles. The number of hydrogen-bond donors (Lipinski definition) is 1. The fraction of sp³-hybridized carbons (Fsp3) is 0.286. The number of ether oxygens (including phenoxy) is 1. The predicted octanol–water partition coefficient (Wildman–Crippen LogP) is 3.31. The number of rotatable bonds is 3. The Kier molecular flexibility index (Phi) is 3.94. The Morgan fingerprint density at radius 2 is 2.00 bits per heavy atom. The normalized spacial score (nSPS) is 10.4. The highest BCUT2D eigenvalue weighted by molar-refractivity contribution is 7.12. The van der Waals surface area contributed by atoms with Crippen molar-refractivity contribution >= 4 is 28.9 Å². The lowest BCUT2D eigenvalue weighted by molar-refractivity contribution is 0.0607. The molecule has 0 aliphatic carbocycles. The minimum absolute atomic E-state index is 0.300. The van der Waals surface area contributed by atoms with Crippen LogP contribution in [0.1, 0.15) is 37.1 Å². The van der Waals surface area contributed by atoms with Crippen molar-refractivity contribution in [3.05, 3.63) is 39.0 Å². The van der Waals surface area contributed by atoms with Crippen LogP contribution < -0.4 is 5.32 Å². The summed E-state index contributed by atoms with van der Waals surface area (Å²) in [7, 11) is 1.31. The number of furan rings is 1. The summed E-state index contributed by atoms with van der Waals surface area (Å²) in [6.45, 7) is 5.33. The SMILES string of the molecule is COC(=O)c1scc(C)c1NC(=O)c1cc(C)oc1C. The van der Waals surface area contributed by atoms with E-state index in [1.54, 1.807) is 25.3 Å². The largest absolute Gasteiger partial charge is 0.466 e. The van der Waals surface area contributed by atoms with E-state index in [-0.39, 0.29) is 5.91 Å². The Balaban J connectivity index is 2.30. The van der Waals surface area contributed by atoms with Crippen molar-refractivity contribution in [3.8, 4) is 0 Å². The van der Waals surface area contributed by atoms with Gasteiger partial charge in [0, 0.05) is 0 Å². The Bertz CT molecular complexity index is 669. The van der Waals surface area contributed by atoms with Crippen LogP contribution in [-0.4, -0.2) is 19.0 Å². The van der Waals surface area contributed by atoms with Crippen LogP contribution in [0.25, 0.3) is 0 Å². The zero-order chi connectivity index (χ0) is 14.9. The molecular formula is C14H15NO4S. The molecule has 0 bridgehead atoms. The van der Waals surface area contributed by atoms with Crippen LogP contribution >= 0.6 is 11.3 Å². The smallest absolute Gasteiger partial charge is 0.350 e. The van der Waals surface area contributed by atoms with Gasteiger partial charge in [0.2, 0.25) is 0 Å². The average Bonchev–Trinajstić information content (AvgIpc) is 2.92. The van der Waals surface area contributed by atoms with Crippen molar-refractivity contribution in [2.75, 3.05) is 12.4 Å². The molecule has 2 rings (SSSR count). The quantitative estimate of drug-likeness (QED) is 0.882. The van der Waals surface area contributed by atoms with Crippen molar-refractivity contribution in [1.82, 2.24) is 0 Å². The second-order valence-electron chi connectivity index (χ2n) is 4.40. The fourth-order valence-electron chi connectivity index (χ4n) is 1.88. The van der Waals surface area contributed by atoms with Gasteiger partial charge in [-0.15, -0.1) is 11.3 Å². The summed E-state index contributed by atoms with van der Waals surface area (Å²) in [5.74, 6) is 0.458. The summed E-state index contributed by atoms with van der Waals surface area (Å²) >= 11 is 1.24. The number of amides is 1. The predicted molar refractivity (Wildman–Crippen MR) is 76.5 cm³/mol. The van der Waals surface area contributed by atoms with Crippen LogP contribution in [0.4, 0.5) is 5.69 Å². The van der Waals surface area contributed by atoms with Gasteiger partial charge in [0.1, 0.15) is 16.4 Å². The summed E-state index contributed by atoms with van der Waals surface area (Å²) in [5.41, 5.74) is 1.77.